The van der Waals surface area contributed by atoms with E-state index in [1.165, 1.54) is 10.8 Å². The number of carbonyl (C=O) groups excluding carboxylic acids is 2. The molecule has 4 N–H and O–H groups in total. The van der Waals surface area contributed by atoms with E-state index in [-0.39, 0.29) is 23.9 Å². The summed E-state index contributed by atoms with van der Waals surface area (Å²) >= 11 is 0. The first kappa shape index (κ1) is 26.9. The molecule has 0 aliphatic carbocycles. The van der Waals surface area contributed by atoms with Crippen molar-refractivity contribution in [1.29, 1.82) is 0 Å². The van der Waals surface area contributed by atoms with E-state index in [1.54, 1.807) is 0 Å². The van der Waals surface area contributed by atoms with Gasteiger partial charge in [0.2, 0.25) is 11.8 Å². The van der Waals surface area contributed by atoms with Crippen LogP contribution in [0.3, 0.4) is 0 Å². The van der Waals surface area contributed by atoms with E-state index >= 15 is 0 Å². The molecule has 0 unspecified atom stereocenters. The van der Waals surface area contributed by atoms with Crippen LogP contribution in [0.4, 0.5) is 0 Å². The molecule has 0 bridgehead atoms. The molecular formula is C33H38N4O2. The van der Waals surface area contributed by atoms with Crippen molar-refractivity contribution in [2.45, 2.75) is 50.7 Å². The summed E-state index contributed by atoms with van der Waals surface area (Å²) in [5, 5.41) is 11.3. The molecule has 6 nitrogen and oxygen atoms in total. The second-order valence-electron chi connectivity index (χ2n) is 10.5. The van der Waals surface area contributed by atoms with Gasteiger partial charge in [0.15, 0.2) is 0 Å². The number of hydrogen-bond acceptors (Lipinski definition) is 4. The van der Waals surface area contributed by atoms with Gasteiger partial charge in [-0.05, 0) is 64.5 Å². The third-order valence-electron chi connectivity index (χ3n) is 7.70. The van der Waals surface area contributed by atoms with Crippen LogP contribution in [0.5, 0.6) is 0 Å². The van der Waals surface area contributed by atoms with Gasteiger partial charge in [-0.25, -0.2) is 0 Å². The molecule has 1 fully saturated rings. The maximum atomic E-state index is 13.6. The molecule has 6 heteroatoms. The maximum absolute atomic E-state index is 13.6. The minimum absolute atomic E-state index is 0.00331. The van der Waals surface area contributed by atoms with E-state index in [0.29, 0.717) is 32.6 Å². The summed E-state index contributed by atoms with van der Waals surface area (Å²) in [6, 6.07) is 28.7. The predicted molar refractivity (Wildman–Crippen MR) is 158 cm³/mol. The normalized spacial score (nSPS) is 17.9. The molecule has 1 aliphatic heterocycles. The van der Waals surface area contributed by atoms with Gasteiger partial charge in [-0.3, -0.25) is 9.59 Å². The van der Waals surface area contributed by atoms with Gasteiger partial charge in [0.05, 0.1) is 12.5 Å². The van der Waals surface area contributed by atoms with Crippen LogP contribution in [0.2, 0.25) is 0 Å². The zero-order valence-corrected chi connectivity index (χ0v) is 22.4. The zero-order valence-electron chi connectivity index (χ0n) is 22.4. The average Bonchev–Trinajstić information content (AvgIpc) is 3.10. The summed E-state index contributed by atoms with van der Waals surface area (Å²) in [7, 11) is 0. The molecule has 1 heterocycles. The Bertz CT molecular complexity index is 1430. The van der Waals surface area contributed by atoms with E-state index in [2.05, 4.69) is 59.2 Å². The van der Waals surface area contributed by atoms with Crippen LogP contribution < -0.4 is 16.4 Å². The lowest BCUT2D eigenvalue weighted by molar-refractivity contribution is -0.133. The minimum atomic E-state index is -0.278. The van der Waals surface area contributed by atoms with E-state index in [0.717, 1.165) is 47.6 Å². The van der Waals surface area contributed by atoms with E-state index in [1.807, 2.05) is 41.3 Å². The number of nitrogens with one attached hydrogen (secondary N) is 2. The number of rotatable bonds is 10. The summed E-state index contributed by atoms with van der Waals surface area (Å²) in [5.41, 5.74) is 7.88. The van der Waals surface area contributed by atoms with Crippen molar-refractivity contribution in [3.63, 3.8) is 0 Å². The lowest BCUT2D eigenvalue weighted by atomic mass is 10.0. The highest BCUT2D eigenvalue weighted by molar-refractivity contribution is 5.90. The van der Waals surface area contributed by atoms with Gasteiger partial charge in [-0.15, -0.1) is 0 Å². The Morgan fingerprint density at radius 2 is 1.69 bits per heavy atom. The maximum Gasteiger partial charge on any atom is 0.240 e. The molecule has 0 aromatic heterocycles. The van der Waals surface area contributed by atoms with Crippen LogP contribution in [-0.4, -0.2) is 48.4 Å². The number of carbonyl (C=O) groups is 2. The van der Waals surface area contributed by atoms with E-state index in [4.69, 9.17) is 5.73 Å². The Labute approximate surface area is 230 Å². The fourth-order valence-electron chi connectivity index (χ4n) is 5.58. The van der Waals surface area contributed by atoms with Crippen molar-refractivity contribution in [1.82, 2.24) is 15.5 Å². The number of fused-ring (bicyclic) bond motifs is 2. The molecule has 39 heavy (non-hydrogen) atoms. The third-order valence-corrected chi connectivity index (χ3v) is 7.70. The summed E-state index contributed by atoms with van der Waals surface area (Å²) in [6.45, 7) is 2.35. The first-order valence-corrected chi connectivity index (χ1v) is 14.1. The Morgan fingerprint density at radius 1 is 0.923 bits per heavy atom. The smallest absolute Gasteiger partial charge is 0.240 e. The summed E-state index contributed by atoms with van der Waals surface area (Å²) < 4.78 is 0. The Hall–Kier alpha value is -3.74. The van der Waals surface area contributed by atoms with Crippen LogP contribution in [0, 0.1) is 0 Å². The highest BCUT2D eigenvalue weighted by Gasteiger charge is 2.30. The van der Waals surface area contributed by atoms with E-state index < -0.39 is 0 Å². The monoisotopic (exact) mass is 522 g/mol. The molecule has 0 radical (unpaired) electrons. The second kappa shape index (κ2) is 12.9. The van der Waals surface area contributed by atoms with Crippen molar-refractivity contribution in [3.05, 3.63) is 96.1 Å². The molecular weight excluding hydrogens is 484 g/mol. The SMILES string of the molecule is NCCCC[C@@H]1N[C@@H](CNC(=O)Cc2cccc3ccccc23)CCN(Cc2ccc3ccccc3c2)C1=O. The van der Waals surface area contributed by atoms with Gasteiger partial charge >= 0.3 is 0 Å². The highest BCUT2D eigenvalue weighted by atomic mass is 16.2. The van der Waals surface area contributed by atoms with Gasteiger partial charge in [-0.2, -0.15) is 0 Å². The Kier molecular flexibility index (Phi) is 8.86. The number of nitrogens with two attached hydrogens (primary N) is 1. The predicted octanol–water partition coefficient (Wildman–Crippen LogP) is 4.54. The standard InChI is InChI=1S/C33H38N4O2/c34-18-6-5-14-31-33(39)37(23-24-15-16-25-8-1-2-10-27(25)20-24)19-17-29(36-31)22-35-32(38)21-28-12-7-11-26-9-3-4-13-30(26)28/h1-4,7-13,15-16,20,29,31,36H,5-6,14,17-19,21-23,34H2,(H,35,38)/t29-,31+/m1/s1. The van der Waals surface area contributed by atoms with Crippen molar-refractivity contribution in [3.8, 4) is 0 Å². The summed E-state index contributed by atoms with van der Waals surface area (Å²) in [5.74, 6) is 0.126. The van der Waals surface area contributed by atoms with Crippen molar-refractivity contribution in [2.24, 2.45) is 5.73 Å². The van der Waals surface area contributed by atoms with Crippen LogP contribution >= 0.6 is 0 Å². The van der Waals surface area contributed by atoms with Gasteiger partial charge < -0.3 is 21.3 Å². The minimum Gasteiger partial charge on any atom is -0.354 e. The molecule has 1 aliphatic rings. The van der Waals surface area contributed by atoms with Crippen molar-refractivity contribution < 1.29 is 9.59 Å². The molecule has 4 aromatic carbocycles. The molecule has 2 amide bonds. The fraction of sp³-hybridized carbons (Fsp3) is 0.333. The number of nitrogens with zero attached hydrogens (tertiary/aromatic N) is 1. The third kappa shape index (κ3) is 6.83. The lowest BCUT2D eigenvalue weighted by Gasteiger charge is -2.25. The molecule has 202 valence electrons. The first-order chi connectivity index (χ1) is 19.1. The van der Waals surface area contributed by atoms with Crippen LogP contribution in [0.1, 0.15) is 36.8 Å². The van der Waals surface area contributed by atoms with Crippen LogP contribution in [0.15, 0.2) is 84.9 Å². The quantitative estimate of drug-likeness (QED) is 0.267. The number of hydrogen-bond donors (Lipinski definition) is 3. The Balaban J connectivity index is 1.24. The molecule has 5 rings (SSSR count). The lowest BCUT2D eigenvalue weighted by Crippen LogP contribution is -2.48. The van der Waals surface area contributed by atoms with E-state index in [9.17, 15) is 9.59 Å². The average molecular weight is 523 g/mol. The number of benzene rings is 4. The first-order valence-electron chi connectivity index (χ1n) is 14.1. The number of unbranched alkanes of at least 4 members (excludes halogenated alkanes) is 1. The van der Waals surface area contributed by atoms with Crippen molar-refractivity contribution >= 4 is 33.4 Å². The zero-order chi connectivity index (χ0) is 27.0. The van der Waals surface area contributed by atoms with Crippen LogP contribution in [0.25, 0.3) is 21.5 Å². The molecule has 4 aromatic rings. The van der Waals surface area contributed by atoms with Gasteiger partial charge in [0.25, 0.3) is 0 Å². The molecule has 2 atom stereocenters. The summed E-state index contributed by atoms with van der Waals surface area (Å²) in [6.07, 6.45) is 3.64. The number of amides is 2. The van der Waals surface area contributed by atoms with Gasteiger partial charge in [-0.1, -0.05) is 85.3 Å². The second-order valence-corrected chi connectivity index (χ2v) is 10.5. The largest absolute Gasteiger partial charge is 0.354 e. The Morgan fingerprint density at radius 3 is 2.54 bits per heavy atom. The van der Waals surface area contributed by atoms with Crippen LogP contribution in [-0.2, 0) is 22.6 Å². The van der Waals surface area contributed by atoms with Gasteiger partial charge in [0.1, 0.15) is 0 Å². The molecule has 0 saturated carbocycles. The topological polar surface area (TPSA) is 87.5 Å². The summed E-state index contributed by atoms with van der Waals surface area (Å²) in [4.78, 5) is 28.5. The molecule has 1 saturated heterocycles. The highest BCUT2D eigenvalue weighted by Crippen LogP contribution is 2.21. The molecule has 0 spiro atoms. The fourth-order valence-corrected chi connectivity index (χ4v) is 5.58. The van der Waals surface area contributed by atoms with Gasteiger partial charge in [0, 0.05) is 25.7 Å². The van der Waals surface area contributed by atoms with Crippen molar-refractivity contribution in [2.75, 3.05) is 19.6 Å².